The van der Waals surface area contributed by atoms with Crippen LogP contribution in [0.1, 0.15) is 17.8 Å². The van der Waals surface area contributed by atoms with Crippen LogP contribution in [0.2, 0.25) is 0 Å². The minimum atomic E-state index is -0.181. The number of rotatable bonds is 5. The Bertz CT molecular complexity index is 624. The van der Waals surface area contributed by atoms with Crippen molar-refractivity contribution in [3.05, 3.63) is 46.5 Å². The minimum Gasteiger partial charge on any atom is -0.338 e. The third kappa shape index (κ3) is 4.60. The number of urea groups is 1. The highest BCUT2D eigenvalue weighted by molar-refractivity contribution is 9.10. The standard InChI is InChI=1S/C15H19BrN4O/c1-11-10-13(4-5-14(11)16)19-15(21)18-6-3-8-20-9-7-17-12(20)2/h4-5,7,9-10H,3,6,8H2,1-2H3,(H2,18,19,21). The number of imidazole rings is 1. The molecule has 112 valence electrons. The number of aromatic nitrogens is 2. The summed E-state index contributed by atoms with van der Waals surface area (Å²) in [5.74, 6) is 0.991. The number of nitrogens with one attached hydrogen (secondary N) is 2. The van der Waals surface area contributed by atoms with Gasteiger partial charge in [0.05, 0.1) is 0 Å². The zero-order valence-electron chi connectivity index (χ0n) is 12.2. The van der Waals surface area contributed by atoms with E-state index in [2.05, 4.69) is 36.1 Å². The number of nitrogens with zero attached hydrogens (tertiary/aromatic N) is 2. The lowest BCUT2D eigenvalue weighted by Gasteiger charge is -2.09. The number of halogens is 1. The van der Waals surface area contributed by atoms with Crippen molar-refractivity contribution >= 4 is 27.6 Å². The lowest BCUT2D eigenvalue weighted by molar-refractivity contribution is 0.252. The number of amides is 2. The van der Waals surface area contributed by atoms with Crippen LogP contribution in [0.4, 0.5) is 10.5 Å². The van der Waals surface area contributed by atoms with Gasteiger partial charge in [0, 0.05) is 35.6 Å². The second-order valence-corrected chi connectivity index (χ2v) is 5.72. The van der Waals surface area contributed by atoms with Crippen LogP contribution in [0.25, 0.3) is 0 Å². The molecule has 0 spiro atoms. The molecule has 0 saturated heterocycles. The topological polar surface area (TPSA) is 59.0 Å². The van der Waals surface area contributed by atoms with E-state index in [0.29, 0.717) is 6.54 Å². The van der Waals surface area contributed by atoms with Crippen molar-refractivity contribution in [2.45, 2.75) is 26.8 Å². The van der Waals surface area contributed by atoms with E-state index in [-0.39, 0.29) is 6.03 Å². The zero-order chi connectivity index (χ0) is 15.2. The molecule has 0 aliphatic carbocycles. The largest absolute Gasteiger partial charge is 0.338 e. The SMILES string of the molecule is Cc1cc(NC(=O)NCCCn2ccnc2C)ccc1Br. The highest BCUT2D eigenvalue weighted by atomic mass is 79.9. The summed E-state index contributed by atoms with van der Waals surface area (Å²) < 4.78 is 3.10. The number of carbonyl (C=O) groups is 1. The van der Waals surface area contributed by atoms with Crippen molar-refractivity contribution in [1.82, 2.24) is 14.9 Å². The summed E-state index contributed by atoms with van der Waals surface area (Å²) in [6.07, 6.45) is 4.59. The van der Waals surface area contributed by atoms with Crippen LogP contribution in [-0.4, -0.2) is 22.1 Å². The molecule has 0 saturated carbocycles. The van der Waals surface area contributed by atoms with E-state index in [0.717, 1.165) is 34.5 Å². The van der Waals surface area contributed by atoms with Crippen molar-refractivity contribution in [3.8, 4) is 0 Å². The van der Waals surface area contributed by atoms with Gasteiger partial charge in [-0.25, -0.2) is 9.78 Å². The quantitative estimate of drug-likeness (QED) is 0.811. The minimum absolute atomic E-state index is 0.181. The van der Waals surface area contributed by atoms with Gasteiger partial charge < -0.3 is 15.2 Å². The molecule has 1 aromatic carbocycles. The van der Waals surface area contributed by atoms with E-state index in [9.17, 15) is 4.79 Å². The van der Waals surface area contributed by atoms with Crippen LogP contribution in [0.15, 0.2) is 35.1 Å². The van der Waals surface area contributed by atoms with E-state index < -0.39 is 0 Å². The van der Waals surface area contributed by atoms with E-state index in [1.165, 1.54) is 0 Å². The van der Waals surface area contributed by atoms with Crippen LogP contribution in [-0.2, 0) is 6.54 Å². The van der Waals surface area contributed by atoms with Crippen LogP contribution < -0.4 is 10.6 Å². The summed E-state index contributed by atoms with van der Waals surface area (Å²) >= 11 is 3.44. The molecule has 0 fully saturated rings. The summed E-state index contributed by atoms with van der Waals surface area (Å²) in [7, 11) is 0. The predicted molar refractivity (Wildman–Crippen MR) is 87.5 cm³/mol. The first-order valence-corrected chi connectivity index (χ1v) is 7.64. The Morgan fingerprint density at radius 1 is 1.38 bits per heavy atom. The fourth-order valence-electron chi connectivity index (χ4n) is 1.99. The highest BCUT2D eigenvalue weighted by Crippen LogP contribution is 2.19. The van der Waals surface area contributed by atoms with Gasteiger partial charge in [0.15, 0.2) is 0 Å². The van der Waals surface area contributed by atoms with Crippen molar-refractivity contribution in [2.24, 2.45) is 0 Å². The van der Waals surface area contributed by atoms with Gasteiger partial charge in [0.25, 0.3) is 0 Å². The number of hydrogen-bond donors (Lipinski definition) is 2. The van der Waals surface area contributed by atoms with Crippen LogP contribution in [0.5, 0.6) is 0 Å². The maximum Gasteiger partial charge on any atom is 0.319 e. The lowest BCUT2D eigenvalue weighted by atomic mass is 10.2. The fraction of sp³-hybridized carbons (Fsp3) is 0.333. The molecule has 5 nitrogen and oxygen atoms in total. The van der Waals surface area contributed by atoms with Gasteiger partial charge in [0.1, 0.15) is 5.82 Å². The average molecular weight is 351 g/mol. The molecule has 0 unspecified atom stereocenters. The number of benzene rings is 1. The van der Waals surface area contributed by atoms with Crippen molar-refractivity contribution < 1.29 is 4.79 Å². The van der Waals surface area contributed by atoms with Gasteiger partial charge in [-0.15, -0.1) is 0 Å². The molecule has 0 bridgehead atoms. The van der Waals surface area contributed by atoms with Crippen LogP contribution >= 0.6 is 15.9 Å². The lowest BCUT2D eigenvalue weighted by Crippen LogP contribution is -2.30. The Morgan fingerprint density at radius 2 is 2.19 bits per heavy atom. The third-order valence-corrected chi connectivity index (χ3v) is 4.09. The zero-order valence-corrected chi connectivity index (χ0v) is 13.8. The van der Waals surface area contributed by atoms with Crippen LogP contribution in [0.3, 0.4) is 0 Å². The highest BCUT2D eigenvalue weighted by Gasteiger charge is 2.03. The molecule has 2 aromatic rings. The van der Waals surface area contributed by atoms with Crippen LogP contribution in [0, 0.1) is 13.8 Å². The molecule has 1 aromatic heterocycles. The Kier molecular flexibility index (Phi) is 5.38. The molecule has 2 rings (SSSR count). The van der Waals surface area contributed by atoms with Gasteiger partial charge >= 0.3 is 6.03 Å². The molecule has 0 aliphatic rings. The van der Waals surface area contributed by atoms with E-state index >= 15 is 0 Å². The van der Waals surface area contributed by atoms with Gasteiger partial charge in [-0.1, -0.05) is 15.9 Å². The molecule has 2 amide bonds. The first kappa shape index (κ1) is 15.6. The summed E-state index contributed by atoms with van der Waals surface area (Å²) in [5, 5.41) is 5.68. The van der Waals surface area contributed by atoms with Gasteiger partial charge in [-0.3, -0.25) is 0 Å². The monoisotopic (exact) mass is 350 g/mol. The molecule has 0 atom stereocenters. The summed E-state index contributed by atoms with van der Waals surface area (Å²) in [6.45, 7) is 5.43. The molecular weight excluding hydrogens is 332 g/mol. The fourth-order valence-corrected chi connectivity index (χ4v) is 2.24. The number of carbonyl (C=O) groups excluding carboxylic acids is 1. The third-order valence-electron chi connectivity index (χ3n) is 3.20. The number of hydrogen-bond acceptors (Lipinski definition) is 2. The maximum absolute atomic E-state index is 11.8. The number of aryl methyl sites for hydroxylation is 3. The Labute approximate surface area is 132 Å². The van der Waals surface area contributed by atoms with E-state index in [1.54, 1.807) is 6.20 Å². The Morgan fingerprint density at radius 3 is 2.86 bits per heavy atom. The molecule has 0 aliphatic heterocycles. The van der Waals surface area contributed by atoms with Crippen molar-refractivity contribution in [1.29, 1.82) is 0 Å². The Hall–Kier alpha value is -1.82. The van der Waals surface area contributed by atoms with E-state index in [1.807, 2.05) is 38.2 Å². The number of anilines is 1. The molecule has 6 heteroatoms. The second-order valence-electron chi connectivity index (χ2n) is 4.87. The predicted octanol–water partition coefficient (Wildman–Crippen LogP) is 3.47. The molecule has 0 radical (unpaired) electrons. The molecular formula is C15H19BrN4O. The first-order chi connectivity index (χ1) is 10.1. The smallest absolute Gasteiger partial charge is 0.319 e. The average Bonchev–Trinajstić information content (AvgIpc) is 2.85. The summed E-state index contributed by atoms with van der Waals surface area (Å²) in [6, 6.07) is 5.54. The van der Waals surface area contributed by atoms with Gasteiger partial charge in [-0.2, -0.15) is 0 Å². The molecule has 1 heterocycles. The molecule has 2 N–H and O–H groups in total. The normalized spacial score (nSPS) is 10.4. The van der Waals surface area contributed by atoms with Crippen molar-refractivity contribution in [3.63, 3.8) is 0 Å². The summed E-state index contributed by atoms with van der Waals surface area (Å²) in [5.41, 5.74) is 1.88. The first-order valence-electron chi connectivity index (χ1n) is 6.85. The Balaban J connectivity index is 1.72. The van der Waals surface area contributed by atoms with Gasteiger partial charge in [0.2, 0.25) is 0 Å². The maximum atomic E-state index is 11.8. The second kappa shape index (κ2) is 7.26. The summed E-state index contributed by atoms with van der Waals surface area (Å²) in [4.78, 5) is 15.9. The van der Waals surface area contributed by atoms with E-state index in [4.69, 9.17) is 0 Å². The molecule has 21 heavy (non-hydrogen) atoms. The van der Waals surface area contributed by atoms with Crippen molar-refractivity contribution in [2.75, 3.05) is 11.9 Å². The van der Waals surface area contributed by atoms with Gasteiger partial charge in [-0.05, 0) is 44.0 Å².